The van der Waals surface area contributed by atoms with E-state index in [0.29, 0.717) is 12.5 Å². The highest BCUT2D eigenvalue weighted by atomic mass is 16.5. The number of rotatable bonds is 9. The molecule has 1 unspecified atom stereocenters. The molecule has 2 saturated heterocycles. The Morgan fingerprint density at radius 1 is 1.17 bits per heavy atom. The van der Waals surface area contributed by atoms with Crippen molar-refractivity contribution in [1.29, 1.82) is 0 Å². The molecule has 4 rings (SSSR count). The van der Waals surface area contributed by atoms with Gasteiger partial charge in [0.25, 0.3) is 0 Å². The number of piperidine rings is 1. The fourth-order valence-electron chi connectivity index (χ4n) is 4.43. The van der Waals surface area contributed by atoms with Crippen molar-refractivity contribution >= 4 is 16.9 Å². The molecule has 0 spiro atoms. The zero-order valence-corrected chi connectivity index (χ0v) is 17.9. The molecular formula is C22H33N5O3. The quantitative estimate of drug-likeness (QED) is 0.622. The maximum atomic E-state index is 13.2. The molecule has 0 saturated carbocycles. The van der Waals surface area contributed by atoms with E-state index >= 15 is 0 Å². The number of likely N-dealkylation sites (tertiary alicyclic amines) is 1. The van der Waals surface area contributed by atoms with Gasteiger partial charge < -0.3 is 19.3 Å². The number of amides is 1. The maximum Gasteiger partial charge on any atom is 0.246 e. The summed E-state index contributed by atoms with van der Waals surface area (Å²) >= 11 is 0. The lowest BCUT2D eigenvalue weighted by molar-refractivity contribution is -0.134. The summed E-state index contributed by atoms with van der Waals surface area (Å²) in [6, 6.07) is 7.72. The van der Waals surface area contributed by atoms with Gasteiger partial charge in [0.2, 0.25) is 5.91 Å². The van der Waals surface area contributed by atoms with Crippen LogP contribution in [0.5, 0.6) is 0 Å². The smallest absolute Gasteiger partial charge is 0.246 e. The number of methoxy groups -OCH3 is 1. The van der Waals surface area contributed by atoms with Crippen LogP contribution in [0.2, 0.25) is 0 Å². The van der Waals surface area contributed by atoms with E-state index in [0.717, 1.165) is 76.1 Å². The van der Waals surface area contributed by atoms with Crippen LogP contribution in [0, 0.1) is 5.92 Å². The van der Waals surface area contributed by atoms with Crippen LogP contribution in [0.3, 0.4) is 0 Å². The maximum absolute atomic E-state index is 13.2. The fraction of sp³-hybridized carbons (Fsp3) is 0.682. The zero-order chi connectivity index (χ0) is 20.8. The van der Waals surface area contributed by atoms with E-state index in [1.165, 1.54) is 4.80 Å². The molecule has 2 aliphatic rings. The number of aromatic nitrogens is 3. The summed E-state index contributed by atoms with van der Waals surface area (Å²) in [5.74, 6) is 0.603. The average molecular weight is 416 g/mol. The van der Waals surface area contributed by atoms with E-state index in [1.54, 1.807) is 7.11 Å². The van der Waals surface area contributed by atoms with Crippen molar-refractivity contribution in [3.63, 3.8) is 0 Å². The number of ether oxygens (including phenoxy) is 2. The van der Waals surface area contributed by atoms with Gasteiger partial charge in [-0.3, -0.25) is 4.79 Å². The Kier molecular flexibility index (Phi) is 7.30. The van der Waals surface area contributed by atoms with E-state index in [1.807, 2.05) is 29.2 Å². The van der Waals surface area contributed by atoms with Crippen molar-refractivity contribution < 1.29 is 14.3 Å². The SMILES string of the molecule is COCCN1CCC(CN(CC2CCCO2)C(=O)Cn2nc3ccccc3n2)CC1. The lowest BCUT2D eigenvalue weighted by Gasteiger charge is -2.35. The van der Waals surface area contributed by atoms with Crippen molar-refractivity contribution in [3.05, 3.63) is 24.3 Å². The van der Waals surface area contributed by atoms with E-state index < -0.39 is 0 Å². The van der Waals surface area contributed by atoms with Crippen molar-refractivity contribution in [1.82, 2.24) is 24.8 Å². The van der Waals surface area contributed by atoms with Gasteiger partial charge in [-0.15, -0.1) is 0 Å². The first-order valence-electron chi connectivity index (χ1n) is 11.1. The van der Waals surface area contributed by atoms with Gasteiger partial charge in [0, 0.05) is 33.4 Å². The molecule has 8 nitrogen and oxygen atoms in total. The zero-order valence-electron chi connectivity index (χ0n) is 17.9. The Bertz CT molecular complexity index is 779. The van der Waals surface area contributed by atoms with Gasteiger partial charge in [-0.2, -0.15) is 15.0 Å². The van der Waals surface area contributed by atoms with Crippen LogP contribution in [0.1, 0.15) is 25.7 Å². The van der Waals surface area contributed by atoms with Gasteiger partial charge >= 0.3 is 0 Å². The summed E-state index contributed by atoms with van der Waals surface area (Å²) < 4.78 is 11.0. The lowest BCUT2D eigenvalue weighted by atomic mass is 9.96. The number of carbonyl (C=O) groups excluding carboxylic acids is 1. The molecule has 0 aliphatic carbocycles. The Hall–Kier alpha value is -2.03. The summed E-state index contributed by atoms with van der Waals surface area (Å²) in [5, 5.41) is 8.92. The summed E-state index contributed by atoms with van der Waals surface area (Å²) in [5.41, 5.74) is 1.64. The third-order valence-electron chi connectivity index (χ3n) is 6.20. The Balaban J connectivity index is 1.37. The molecule has 2 fully saturated rings. The molecule has 1 atom stereocenters. The van der Waals surface area contributed by atoms with E-state index in [-0.39, 0.29) is 18.6 Å². The second-order valence-electron chi connectivity index (χ2n) is 8.43. The third kappa shape index (κ3) is 5.56. The summed E-state index contributed by atoms with van der Waals surface area (Å²) in [6.07, 6.45) is 4.49. The summed E-state index contributed by atoms with van der Waals surface area (Å²) in [6.45, 7) is 6.34. The predicted octanol–water partition coefficient (Wildman–Crippen LogP) is 1.80. The van der Waals surface area contributed by atoms with E-state index in [4.69, 9.17) is 9.47 Å². The van der Waals surface area contributed by atoms with Crippen molar-refractivity contribution in [3.8, 4) is 0 Å². The van der Waals surface area contributed by atoms with Gasteiger partial charge in [0.05, 0.1) is 12.7 Å². The first-order valence-corrected chi connectivity index (χ1v) is 11.1. The predicted molar refractivity (Wildman–Crippen MR) is 114 cm³/mol. The Labute approximate surface area is 178 Å². The number of hydrogen-bond donors (Lipinski definition) is 0. The highest BCUT2D eigenvalue weighted by molar-refractivity contribution is 5.77. The van der Waals surface area contributed by atoms with Crippen molar-refractivity contribution in [2.24, 2.45) is 5.92 Å². The van der Waals surface area contributed by atoms with E-state index in [9.17, 15) is 4.79 Å². The van der Waals surface area contributed by atoms with Crippen molar-refractivity contribution in [2.75, 3.05) is 53.0 Å². The summed E-state index contributed by atoms with van der Waals surface area (Å²) in [4.78, 5) is 19.2. The Morgan fingerprint density at radius 3 is 2.53 bits per heavy atom. The van der Waals surface area contributed by atoms with Crippen LogP contribution >= 0.6 is 0 Å². The van der Waals surface area contributed by atoms with Crippen LogP contribution in [-0.4, -0.2) is 89.9 Å². The molecule has 0 bridgehead atoms. The lowest BCUT2D eigenvalue weighted by Crippen LogP contribution is -2.45. The molecule has 1 aromatic carbocycles. The van der Waals surface area contributed by atoms with Crippen molar-refractivity contribution in [2.45, 2.75) is 38.3 Å². The van der Waals surface area contributed by atoms with Crippen LogP contribution < -0.4 is 0 Å². The monoisotopic (exact) mass is 415 g/mol. The Morgan fingerprint density at radius 2 is 1.90 bits per heavy atom. The molecule has 1 amide bonds. The van der Waals surface area contributed by atoms with Crippen LogP contribution in [0.4, 0.5) is 0 Å². The molecule has 0 radical (unpaired) electrons. The molecule has 30 heavy (non-hydrogen) atoms. The molecule has 8 heteroatoms. The number of benzene rings is 1. The molecule has 2 aromatic rings. The third-order valence-corrected chi connectivity index (χ3v) is 6.20. The molecular weight excluding hydrogens is 382 g/mol. The van der Waals surface area contributed by atoms with Gasteiger partial charge in [0.15, 0.2) is 0 Å². The van der Waals surface area contributed by atoms with E-state index in [2.05, 4.69) is 15.1 Å². The van der Waals surface area contributed by atoms with Gasteiger partial charge in [-0.1, -0.05) is 12.1 Å². The summed E-state index contributed by atoms with van der Waals surface area (Å²) in [7, 11) is 1.75. The molecule has 3 heterocycles. The number of fused-ring (bicyclic) bond motifs is 1. The largest absolute Gasteiger partial charge is 0.383 e. The first-order chi connectivity index (χ1) is 14.7. The minimum Gasteiger partial charge on any atom is -0.383 e. The number of hydrogen-bond acceptors (Lipinski definition) is 6. The second kappa shape index (κ2) is 10.3. The minimum atomic E-state index is 0.0765. The molecule has 164 valence electrons. The van der Waals surface area contributed by atoms with Crippen LogP contribution in [0.25, 0.3) is 11.0 Å². The second-order valence-corrected chi connectivity index (χ2v) is 8.43. The highest BCUT2D eigenvalue weighted by Crippen LogP contribution is 2.21. The average Bonchev–Trinajstić information content (AvgIpc) is 3.41. The number of nitrogens with zero attached hydrogens (tertiary/aromatic N) is 5. The number of carbonyl (C=O) groups is 1. The minimum absolute atomic E-state index is 0.0765. The van der Waals surface area contributed by atoms with Gasteiger partial charge in [0.1, 0.15) is 17.6 Å². The fourth-order valence-corrected chi connectivity index (χ4v) is 4.43. The standard InChI is InChI=1S/C22H33N5O3/c1-29-14-12-25-10-8-18(9-11-25)15-26(16-19-5-4-13-30-19)22(28)17-27-23-20-6-2-3-7-21(20)24-27/h2-3,6-7,18-19H,4-5,8-17H2,1H3. The molecule has 0 N–H and O–H groups in total. The van der Waals surface area contributed by atoms with Gasteiger partial charge in [-0.25, -0.2) is 0 Å². The normalized spacial score (nSPS) is 20.8. The van der Waals surface area contributed by atoms with Crippen LogP contribution in [-0.2, 0) is 20.8 Å². The first kappa shape index (κ1) is 21.2. The highest BCUT2D eigenvalue weighted by Gasteiger charge is 2.27. The topological polar surface area (TPSA) is 72.7 Å². The molecule has 2 aliphatic heterocycles. The molecule has 1 aromatic heterocycles. The van der Waals surface area contributed by atoms with Gasteiger partial charge in [-0.05, 0) is 56.8 Å². The van der Waals surface area contributed by atoms with Crippen LogP contribution in [0.15, 0.2) is 24.3 Å².